The van der Waals surface area contributed by atoms with Crippen LogP contribution in [0.4, 0.5) is 0 Å². The summed E-state index contributed by atoms with van der Waals surface area (Å²) in [5, 5.41) is 6.40. The van der Waals surface area contributed by atoms with E-state index in [9.17, 15) is 0 Å². The van der Waals surface area contributed by atoms with Gasteiger partial charge in [0, 0.05) is 0 Å². The molecule has 1 aromatic heterocycles. The second-order valence-electron chi connectivity index (χ2n) is 1.20. The summed E-state index contributed by atoms with van der Waals surface area (Å²) in [6.07, 6.45) is 0. The van der Waals surface area contributed by atoms with Gasteiger partial charge in [-0.25, -0.2) is 0 Å². The van der Waals surface area contributed by atoms with E-state index in [0.29, 0.717) is 4.72 Å². The fraction of sp³-hybridized carbons (Fsp3) is 0.333. The van der Waals surface area contributed by atoms with Crippen LogP contribution in [0.25, 0.3) is 0 Å². The number of hydrogen-bond acceptors (Lipinski definition) is 2. The van der Waals surface area contributed by atoms with E-state index in [2.05, 4.69) is 31.2 Å². The van der Waals surface area contributed by atoms with Crippen LogP contribution in [0.2, 0.25) is 0 Å². The van der Waals surface area contributed by atoms with E-state index in [1.807, 2.05) is 6.92 Å². The summed E-state index contributed by atoms with van der Waals surface area (Å²) >= 11 is 2.67. The van der Waals surface area contributed by atoms with E-state index in [-0.39, 0.29) is 0 Å². The van der Waals surface area contributed by atoms with Crippen molar-refractivity contribution in [3.05, 3.63) is 5.82 Å². The molecule has 1 rings (SSSR count). The first kappa shape index (κ1) is 4.81. The van der Waals surface area contributed by atoms with Crippen LogP contribution in [0, 0.1) is 6.92 Å². The summed E-state index contributed by atoms with van der Waals surface area (Å²) in [6.45, 7) is 1.86. The van der Waals surface area contributed by atoms with E-state index in [0.717, 1.165) is 5.82 Å². The molecule has 3 nitrogen and oxygen atoms in total. The van der Waals surface area contributed by atoms with Gasteiger partial charge in [0.05, 0.1) is 0 Å². The SMILES string of the molecule is Cc1nc([Se])n[nH]1. The minimum atomic E-state index is 0.678. The number of aromatic amines is 1. The Morgan fingerprint density at radius 2 is 2.43 bits per heavy atom. The quantitative estimate of drug-likeness (QED) is 0.491. The van der Waals surface area contributed by atoms with Crippen LogP contribution in [-0.2, 0) is 0 Å². The van der Waals surface area contributed by atoms with Crippen LogP contribution >= 0.6 is 0 Å². The average Bonchev–Trinajstić information content (AvgIpc) is 1.87. The van der Waals surface area contributed by atoms with Gasteiger partial charge in [-0.3, -0.25) is 0 Å². The van der Waals surface area contributed by atoms with Gasteiger partial charge in [0.1, 0.15) is 0 Å². The van der Waals surface area contributed by atoms with Crippen LogP contribution in [0.15, 0.2) is 0 Å². The van der Waals surface area contributed by atoms with E-state index < -0.39 is 0 Å². The zero-order valence-corrected chi connectivity index (χ0v) is 5.52. The van der Waals surface area contributed by atoms with Crippen LogP contribution < -0.4 is 4.72 Å². The molecule has 1 heterocycles. The molecule has 0 aromatic carbocycles. The Balaban J connectivity index is 3.04. The van der Waals surface area contributed by atoms with Gasteiger partial charge in [-0.1, -0.05) is 0 Å². The van der Waals surface area contributed by atoms with Gasteiger partial charge < -0.3 is 0 Å². The second-order valence-corrected chi connectivity index (χ2v) is 1.97. The first-order chi connectivity index (χ1) is 3.29. The summed E-state index contributed by atoms with van der Waals surface area (Å²) < 4.78 is 0.678. The molecule has 37 valence electrons. The predicted molar refractivity (Wildman–Crippen MR) is 26.5 cm³/mol. The molecule has 1 radical (unpaired) electrons. The minimum absolute atomic E-state index is 0.678. The van der Waals surface area contributed by atoms with Gasteiger partial charge >= 0.3 is 48.7 Å². The summed E-state index contributed by atoms with van der Waals surface area (Å²) in [6, 6.07) is 0. The van der Waals surface area contributed by atoms with Crippen molar-refractivity contribution >= 4 is 20.7 Å². The molecule has 0 atom stereocenters. The van der Waals surface area contributed by atoms with Crippen molar-refractivity contribution in [2.75, 3.05) is 0 Å². The summed E-state index contributed by atoms with van der Waals surface area (Å²) in [5.41, 5.74) is 0. The molecule has 0 saturated heterocycles. The van der Waals surface area contributed by atoms with Crippen molar-refractivity contribution in [1.82, 2.24) is 15.2 Å². The van der Waals surface area contributed by atoms with Gasteiger partial charge in [-0.05, 0) is 0 Å². The van der Waals surface area contributed by atoms with Crippen molar-refractivity contribution < 1.29 is 0 Å². The van der Waals surface area contributed by atoms with Crippen LogP contribution in [0.1, 0.15) is 5.82 Å². The maximum atomic E-state index is 3.89. The molecule has 1 N–H and O–H groups in total. The second kappa shape index (κ2) is 1.64. The van der Waals surface area contributed by atoms with E-state index in [1.165, 1.54) is 0 Å². The zero-order valence-electron chi connectivity index (χ0n) is 3.80. The maximum absolute atomic E-state index is 3.89. The Kier molecular flexibility index (Phi) is 1.13. The van der Waals surface area contributed by atoms with Crippen molar-refractivity contribution in [1.29, 1.82) is 0 Å². The number of H-pyrrole nitrogens is 1. The third kappa shape index (κ3) is 1.01. The molecule has 7 heavy (non-hydrogen) atoms. The van der Waals surface area contributed by atoms with Crippen LogP contribution in [-0.4, -0.2) is 31.2 Å². The first-order valence-corrected chi connectivity index (χ1v) is 2.71. The Morgan fingerprint density at radius 3 is 2.57 bits per heavy atom. The van der Waals surface area contributed by atoms with Crippen molar-refractivity contribution in [2.45, 2.75) is 6.92 Å². The number of rotatable bonds is 0. The van der Waals surface area contributed by atoms with Gasteiger partial charge in [0.25, 0.3) is 0 Å². The first-order valence-electron chi connectivity index (χ1n) is 1.85. The topological polar surface area (TPSA) is 41.6 Å². The third-order valence-corrected chi connectivity index (χ3v) is 0.960. The molecule has 0 aliphatic rings. The number of hydrogen-bond donors (Lipinski definition) is 1. The van der Waals surface area contributed by atoms with Crippen molar-refractivity contribution in [3.8, 4) is 0 Å². The third-order valence-electron chi connectivity index (χ3n) is 0.577. The number of aromatic nitrogens is 3. The molecule has 0 fully saturated rings. The van der Waals surface area contributed by atoms with E-state index in [4.69, 9.17) is 0 Å². The number of nitrogens with zero attached hydrogens (tertiary/aromatic N) is 2. The number of nitrogens with one attached hydrogen (secondary N) is 1. The van der Waals surface area contributed by atoms with Gasteiger partial charge in [-0.15, -0.1) is 0 Å². The van der Waals surface area contributed by atoms with Gasteiger partial charge in [-0.2, -0.15) is 0 Å². The van der Waals surface area contributed by atoms with E-state index in [1.54, 1.807) is 0 Å². The van der Waals surface area contributed by atoms with Gasteiger partial charge in [0.15, 0.2) is 0 Å². The predicted octanol–water partition coefficient (Wildman–Crippen LogP) is -1.09. The average molecular weight is 161 g/mol. The molecule has 0 bridgehead atoms. The van der Waals surface area contributed by atoms with Crippen molar-refractivity contribution in [3.63, 3.8) is 0 Å². The monoisotopic (exact) mass is 162 g/mol. The molecule has 1 aromatic rings. The van der Waals surface area contributed by atoms with Crippen molar-refractivity contribution in [2.24, 2.45) is 0 Å². The Morgan fingerprint density at radius 1 is 1.71 bits per heavy atom. The van der Waals surface area contributed by atoms with E-state index >= 15 is 0 Å². The Hall–Kier alpha value is -0.341. The normalized spacial score (nSPS) is 9.29. The molecule has 0 amide bonds. The summed E-state index contributed by atoms with van der Waals surface area (Å²) in [4.78, 5) is 3.89. The number of aryl methyl sites for hydroxylation is 1. The van der Waals surface area contributed by atoms with Crippen LogP contribution in [0.3, 0.4) is 0 Å². The Labute approximate surface area is 49.3 Å². The van der Waals surface area contributed by atoms with Gasteiger partial charge in [0.2, 0.25) is 0 Å². The zero-order chi connectivity index (χ0) is 5.28. The molecule has 0 aliphatic carbocycles. The Bertz CT molecular complexity index is 142. The molecule has 0 saturated carbocycles. The molecule has 0 spiro atoms. The molecule has 4 heteroatoms. The molecule has 0 unspecified atom stereocenters. The summed E-state index contributed by atoms with van der Waals surface area (Å²) in [7, 11) is 0. The molecule has 0 aliphatic heterocycles. The standard InChI is InChI=1S/C3H4N3Se/c1-2-4-3(7)6-5-2/h1H3,(H,4,5,6). The fourth-order valence-corrected chi connectivity index (χ4v) is 0.705. The fourth-order valence-electron chi connectivity index (χ4n) is 0.322. The molecular weight excluding hydrogens is 157 g/mol. The summed E-state index contributed by atoms with van der Waals surface area (Å²) in [5.74, 6) is 0.841. The molecular formula is C3H4N3Se. The van der Waals surface area contributed by atoms with Crippen LogP contribution in [0.5, 0.6) is 0 Å².